The Kier molecular flexibility index (Phi) is 9.88. The molecule has 9 heteroatoms. The Balaban J connectivity index is 1.19. The van der Waals surface area contributed by atoms with E-state index in [-0.39, 0.29) is 48.5 Å². The fourth-order valence-electron chi connectivity index (χ4n) is 12.4. The van der Waals surface area contributed by atoms with Crippen LogP contribution >= 0.6 is 0 Å². The number of benzene rings is 3. The van der Waals surface area contributed by atoms with E-state index in [4.69, 9.17) is 18.9 Å². The van der Waals surface area contributed by atoms with Crippen molar-refractivity contribution in [1.82, 2.24) is 4.90 Å². The third-order valence-corrected chi connectivity index (χ3v) is 15.5. The molecule has 2 spiro atoms. The molecule has 57 heavy (non-hydrogen) atoms. The molecule has 9 rings (SSSR count). The summed E-state index contributed by atoms with van der Waals surface area (Å²) in [6.07, 6.45) is 11.6. The number of allylic oxidation sites excluding steroid dienone is 4. The summed E-state index contributed by atoms with van der Waals surface area (Å²) in [6.45, 7) is 4.94. The minimum atomic E-state index is -1.26. The summed E-state index contributed by atoms with van der Waals surface area (Å²) in [7, 11) is 6.37. The lowest BCUT2D eigenvalue weighted by molar-refractivity contribution is -0.178. The maximum Gasteiger partial charge on any atom is 0.227 e. The predicted molar refractivity (Wildman–Crippen MR) is 218 cm³/mol. The first-order valence-electron chi connectivity index (χ1n) is 20.4. The summed E-state index contributed by atoms with van der Waals surface area (Å²) >= 11 is 0. The Morgan fingerprint density at radius 3 is 2.19 bits per heavy atom. The highest BCUT2D eigenvalue weighted by molar-refractivity contribution is 6.10. The minimum Gasteiger partial charge on any atom is -0.497 e. The molecule has 2 bridgehead atoms. The molecule has 3 saturated carbocycles. The number of Topliss-reactive ketones (excluding diaryl/α,β-unsaturated/α-hetero) is 1. The van der Waals surface area contributed by atoms with Crippen molar-refractivity contribution in [3.63, 3.8) is 0 Å². The van der Waals surface area contributed by atoms with E-state index in [0.717, 1.165) is 42.4 Å². The molecule has 8 unspecified atom stereocenters. The zero-order valence-electron chi connectivity index (χ0n) is 34.2. The van der Waals surface area contributed by atoms with E-state index >= 15 is 0 Å². The standard InChI is InChI=1S/C48H57NO8/c1-44-19-16-34(50)27-46(44)22-23-48(36(28-46)43(52)32-10-8-7-9-11-32)40(44)17-20-45(2)41(48)18-21-47(45,53)30-49(29-33-13-14-35(54-3)26-38(33)56-5)42(51)25-31-12-15-37(55-4)39(24-31)57-6/h7-15,22-24,26,28,34,40-41,50,53H,16-21,25,27,29-30H2,1-6H3. The fraction of sp³-hybridized carbons (Fsp3) is 0.500. The lowest BCUT2D eigenvalue weighted by Gasteiger charge is -2.71. The molecule has 3 aromatic carbocycles. The van der Waals surface area contributed by atoms with Gasteiger partial charge in [-0.1, -0.05) is 68.5 Å². The molecular weight excluding hydrogens is 719 g/mol. The maximum atomic E-state index is 14.9. The maximum absolute atomic E-state index is 14.9. The summed E-state index contributed by atoms with van der Waals surface area (Å²) in [5, 5.41) is 24.4. The van der Waals surface area contributed by atoms with Gasteiger partial charge in [0.15, 0.2) is 17.3 Å². The number of carbonyl (C=O) groups is 2. The van der Waals surface area contributed by atoms with Crippen LogP contribution in [0.3, 0.4) is 0 Å². The van der Waals surface area contributed by atoms with Crippen molar-refractivity contribution >= 4 is 11.7 Å². The molecule has 6 aliphatic carbocycles. The zero-order valence-corrected chi connectivity index (χ0v) is 34.2. The van der Waals surface area contributed by atoms with E-state index in [1.165, 1.54) is 0 Å². The highest BCUT2D eigenvalue weighted by Crippen LogP contribution is 2.78. The van der Waals surface area contributed by atoms with E-state index in [9.17, 15) is 19.8 Å². The molecular formula is C48H57NO8. The first-order chi connectivity index (χ1) is 27.3. The van der Waals surface area contributed by atoms with Gasteiger partial charge in [0.2, 0.25) is 5.91 Å². The molecule has 8 atom stereocenters. The topological polar surface area (TPSA) is 115 Å². The number of rotatable bonds is 12. The molecule has 6 aliphatic rings. The van der Waals surface area contributed by atoms with E-state index < -0.39 is 27.9 Å². The predicted octanol–water partition coefficient (Wildman–Crippen LogP) is 7.77. The Morgan fingerprint density at radius 1 is 0.772 bits per heavy atom. The van der Waals surface area contributed by atoms with E-state index in [1.54, 1.807) is 39.4 Å². The summed E-state index contributed by atoms with van der Waals surface area (Å²) < 4.78 is 22.3. The minimum absolute atomic E-state index is 0.0319. The third kappa shape index (κ3) is 5.93. The average Bonchev–Trinajstić information content (AvgIpc) is 3.50. The highest BCUT2D eigenvalue weighted by Gasteiger charge is 2.74. The van der Waals surface area contributed by atoms with Crippen molar-refractivity contribution in [2.24, 2.45) is 33.5 Å². The van der Waals surface area contributed by atoms with Gasteiger partial charge in [-0.3, -0.25) is 9.59 Å². The first-order valence-corrected chi connectivity index (χ1v) is 20.4. The van der Waals surface area contributed by atoms with Gasteiger partial charge in [-0.15, -0.1) is 0 Å². The Morgan fingerprint density at radius 2 is 1.47 bits per heavy atom. The van der Waals surface area contributed by atoms with Gasteiger partial charge in [0.05, 0.1) is 53.1 Å². The molecule has 0 saturated heterocycles. The van der Waals surface area contributed by atoms with Gasteiger partial charge in [-0.25, -0.2) is 0 Å². The van der Waals surface area contributed by atoms with Crippen LogP contribution in [-0.2, 0) is 17.8 Å². The van der Waals surface area contributed by atoms with Gasteiger partial charge in [-0.05, 0) is 92.0 Å². The SMILES string of the molecule is COc1ccc(CN(CC2(O)CCC3C45C=CC6(C=C4C(=O)c4ccccc4)CC(O)CCC6(C)C5CCC32C)C(=O)Cc2ccc(OC)c(OC)c2)c(OC)c1. The number of hydrogen-bond donors (Lipinski definition) is 2. The number of amides is 1. The molecule has 0 radical (unpaired) electrons. The van der Waals surface area contributed by atoms with Crippen molar-refractivity contribution in [1.29, 1.82) is 0 Å². The normalized spacial score (nSPS) is 33.3. The van der Waals surface area contributed by atoms with Crippen LogP contribution in [-0.4, -0.2) is 73.5 Å². The largest absolute Gasteiger partial charge is 0.497 e. The lowest BCUT2D eigenvalue weighted by atomic mass is 9.32. The summed E-state index contributed by atoms with van der Waals surface area (Å²) in [5.41, 5.74) is 0.00734. The van der Waals surface area contributed by atoms with Crippen LogP contribution in [0.25, 0.3) is 0 Å². The second-order valence-corrected chi connectivity index (χ2v) is 17.8. The van der Waals surface area contributed by atoms with Gasteiger partial charge in [-0.2, -0.15) is 0 Å². The van der Waals surface area contributed by atoms with Crippen molar-refractivity contribution in [2.45, 2.75) is 83.5 Å². The van der Waals surface area contributed by atoms with Crippen LogP contribution in [0.4, 0.5) is 0 Å². The van der Waals surface area contributed by atoms with Gasteiger partial charge in [0.25, 0.3) is 0 Å². The smallest absolute Gasteiger partial charge is 0.227 e. The quantitative estimate of drug-likeness (QED) is 0.142. The van der Waals surface area contributed by atoms with E-state index in [2.05, 4.69) is 32.1 Å². The molecule has 9 nitrogen and oxygen atoms in total. The second-order valence-electron chi connectivity index (χ2n) is 17.8. The lowest BCUT2D eigenvalue weighted by Crippen LogP contribution is -2.67. The van der Waals surface area contributed by atoms with E-state index in [0.29, 0.717) is 47.8 Å². The molecule has 1 amide bonds. The zero-order chi connectivity index (χ0) is 40.4. The van der Waals surface area contributed by atoms with Crippen LogP contribution in [0.15, 0.2) is 90.5 Å². The molecule has 3 fully saturated rings. The fourth-order valence-corrected chi connectivity index (χ4v) is 12.4. The number of hydrogen-bond acceptors (Lipinski definition) is 8. The van der Waals surface area contributed by atoms with Crippen LogP contribution in [0.2, 0.25) is 0 Å². The highest BCUT2D eigenvalue weighted by atomic mass is 16.5. The molecule has 0 aromatic heterocycles. The number of nitrogens with zero attached hydrogens (tertiary/aromatic N) is 1. The number of ketones is 1. The van der Waals surface area contributed by atoms with Crippen LogP contribution < -0.4 is 18.9 Å². The molecule has 302 valence electrons. The van der Waals surface area contributed by atoms with Crippen LogP contribution in [0.5, 0.6) is 23.0 Å². The van der Waals surface area contributed by atoms with Crippen molar-refractivity contribution in [3.05, 3.63) is 107 Å². The number of methoxy groups -OCH3 is 4. The molecule has 0 heterocycles. The van der Waals surface area contributed by atoms with Gasteiger partial charge in [0, 0.05) is 45.6 Å². The molecule has 3 aromatic rings. The first kappa shape index (κ1) is 39.2. The van der Waals surface area contributed by atoms with E-state index in [1.807, 2.05) is 60.7 Å². The Labute approximate surface area is 336 Å². The van der Waals surface area contributed by atoms with Crippen LogP contribution in [0, 0.1) is 33.5 Å². The molecule has 0 aliphatic heterocycles. The van der Waals surface area contributed by atoms with Crippen molar-refractivity contribution in [3.8, 4) is 23.0 Å². The Hall–Kier alpha value is -4.60. The van der Waals surface area contributed by atoms with Crippen LogP contribution in [0.1, 0.15) is 80.3 Å². The number of ether oxygens (including phenoxy) is 4. The number of carbonyl (C=O) groups excluding carboxylic acids is 2. The third-order valence-electron chi connectivity index (χ3n) is 15.5. The summed E-state index contributed by atoms with van der Waals surface area (Å²) in [4.78, 5) is 31.3. The second kappa shape index (κ2) is 14.3. The summed E-state index contributed by atoms with van der Waals surface area (Å²) in [5.74, 6) is 2.37. The number of fused-ring (bicyclic) bond motifs is 1. The van der Waals surface area contributed by atoms with Gasteiger partial charge in [0.1, 0.15) is 11.5 Å². The average molecular weight is 776 g/mol. The number of aliphatic hydroxyl groups excluding tert-OH is 1. The van der Waals surface area contributed by atoms with Crippen molar-refractivity contribution < 1.29 is 38.7 Å². The van der Waals surface area contributed by atoms with Gasteiger partial charge < -0.3 is 34.1 Å². The Bertz CT molecular complexity index is 2110. The molecule has 2 N–H and O–H groups in total. The summed E-state index contributed by atoms with van der Waals surface area (Å²) in [6, 6.07) is 20.6. The van der Waals surface area contributed by atoms with Crippen molar-refractivity contribution in [2.75, 3.05) is 35.0 Å². The number of aliphatic hydroxyl groups is 2. The van der Waals surface area contributed by atoms with Gasteiger partial charge >= 0.3 is 0 Å². The monoisotopic (exact) mass is 775 g/mol.